The Morgan fingerprint density at radius 3 is 2.48 bits per heavy atom. The minimum atomic E-state index is -3.71. The Kier molecular flexibility index (Phi) is 7.16. The number of hydrogen-bond acceptors (Lipinski definition) is 9. The molecule has 0 amide bonds. The lowest BCUT2D eigenvalue weighted by Gasteiger charge is -2.29. The van der Waals surface area contributed by atoms with E-state index in [1.54, 1.807) is 12.4 Å². The van der Waals surface area contributed by atoms with Gasteiger partial charge >= 0.3 is 0 Å². The number of hydrogen-bond donors (Lipinski definition) is 1. The van der Waals surface area contributed by atoms with E-state index in [0.717, 1.165) is 11.9 Å². The van der Waals surface area contributed by atoms with Gasteiger partial charge in [-0.1, -0.05) is 18.2 Å². The molecule has 9 nitrogen and oxygen atoms in total. The van der Waals surface area contributed by atoms with Gasteiger partial charge in [0.25, 0.3) is 10.1 Å². The van der Waals surface area contributed by atoms with Gasteiger partial charge in [-0.3, -0.25) is 9.17 Å². The zero-order chi connectivity index (χ0) is 22.5. The van der Waals surface area contributed by atoms with Crippen LogP contribution in [0.15, 0.2) is 54.9 Å². The van der Waals surface area contributed by atoms with Crippen LogP contribution in [0.4, 0.5) is 11.5 Å². The van der Waals surface area contributed by atoms with Crippen molar-refractivity contribution in [2.45, 2.75) is 25.5 Å². The van der Waals surface area contributed by atoms with Crippen molar-refractivity contribution in [1.29, 1.82) is 0 Å². The topological polar surface area (TPSA) is 121 Å². The minimum absolute atomic E-state index is 0.0461. The Bertz CT molecular complexity index is 1100. The highest BCUT2D eigenvalue weighted by molar-refractivity contribution is 7.86. The summed E-state index contributed by atoms with van der Waals surface area (Å²) in [7, 11) is -3.71. The quantitative estimate of drug-likeness (QED) is 0.468. The molecule has 0 fully saturated rings. The summed E-state index contributed by atoms with van der Waals surface area (Å²) in [5, 5.41) is 0. The summed E-state index contributed by atoms with van der Waals surface area (Å²) in [5.41, 5.74) is 7.39. The predicted molar refractivity (Wildman–Crippen MR) is 120 cm³/mol. The van der Waals surface area contributed by atoms with E-state index in [4.69, 9.17) is 14.7 Å². The molecule has 166 valence electrons. The van der Waals surface area contributed by atoms with E-state index >= 15 is 0 Å². The van der Waals surface area contributed by atoms with Crippen molar-refractivity contribution >= 4 is 32.8 Å². The molecule has 0 aliphatic carbocycles. The van der Waals surface area contributed by atoms with Crippen LogP contribution in [0.25, 0.3) is 11.2 Å². The van der Waals surface area contributed by atoms with Gasteiger partial charge < -0.3 is 15.4 Å². The second-order valence-electron chi connectivity index (χ2n) is 7.94. The largest absolute Gasteiger partial charge is 0.377 e. The molecule has 0 saturated heterocycles. The first kappa shape index (κ1) is 23.0. The first-order valence-corrected chi connectivity index (χ1v) is 11.6. The lowest BCUT2D eigenvalue weighted by atomic mass is 10.1. The van der Waals surface area contributed by atoms with Crippen molar-refractivity contribution in [3.05, 3.63) is 54.9 Å². The number of rotatable bonds is 10. The zero-order valence-corrected chi connectivity index (χ0v) is 18.6. The van der Waals surface area contributed by atoms with Gasteiger partial charge in [0.15, 0.2) is 5.65 Å². The van der Waals surface area contributed by atoms with Crippen LogP contribution in [0.5, 0.6) is 0 Å². The molecule has 0 bridgehead atoms. The van der Waals surface area contributed by atoms with Crippen LogP contribution < -0.4 is 10.6 Å². The van der Waals surface area contributed by atoms with Crippen LogP contribution in [0.3, 0.4) is 0 Å². The van der Waals surface area contributed by atoms with Gasteiger partial charge in [0.2, 0.25) is 0 Å². The third kappa shape index (κ3) is 7.21. The molecule has 0 radical (unpaired) electrons. The number of aromatic nitrogens is 3. The van der Waals surface area contributed by atoms with Crippen LogP contribution >= 0.6 is 0 Å². The van der Waals surface area contributed by atoms with E-state index in [1.165, 1.54) is 0 Å². The van der Waals surface area contributed by atoms with E-state index in [9.17, 15) is 8.42 Å². The summed E-state index contributed by atoms with van der Waals surface area (Å²) < 4.78 is 34.7. The Morgan fingerprint density at radius 2 is 1.81 bits per heavy atom. The number of anilines is 2. The number of benzene rings is 1. The summed E-state index contributed by atoms with van der Waals surface area (Å²) >= 11 is 0. The van der Waals surface area contributed by atoms with Gasteiger partial charge in [-0.25, -0.2) is 9.97 Å². The van der Waals surface area contributed by atoms with E-state index in [2.05, 4.69) is 15.0 Å². The molecule has 0 aliphatic heterocycles. The Balaban J connectivity index is 1.92. The van der Waals surface area contributed by atoms with Crippen LogP contribution in [-0.4, -0.2) is 61.0 Å². The smallest absolute Gasteiger partial charge is 0.264 e. The van der Waals surface area contributed by atoms with Gasteiger partial charge in [-0.05, 0) is 38.1 Å². The molecule has 1 aromatic carbocycles. The fourth-order valence-electron chi connectivity index (χ4n) is 2.95. The van der Waals surface area contributed by atoms with Crippen LogP contribution in [0, 0.1) is 0 Å². The highest BCUT2D eigenvalue weighted by atomic mass is 32.2. The normalized spacial score (nSPS) is 13.3. The molecule has 0 spiro atoms. The predicted octanol–water partition coefficient (Wildman–Crippen LogP) is 2.26. The summed E-state index contributed by atoms with van der Waals surface area (Å²) in [6.07, 6.45) is 3.41. The monoisotopic (exact) mass is 445 g/mol. The molecular weight excluding hydrogens is 418 g/mol. The third-order valence-electron chi connectivity index (χ3n) is 4.14. The molecule has 3 rings (SSSR count). The maximum atomic E-state index is 11.9. The highest BCUT2D eigenvalue weighted by Crippen LogP contribution is 2.25. The molecule has 10 heteroatoms. The molecule has 1 atom stereocenters. The van der Waals surface area contributed by atoms with E-state index < -0.39 is 21.8 Å². The van der Waals surface area contributed by atoms with Crippen molar-refractivity contribution in [3.63, 3.8) is 0 Å². The average Bonchev–Trinajstić information content (AvgIpc) is 2.70. The minimum Gasteiger partial charge on any atom is -0.377 e. The third-order valence-corrected chi connectivity index (χ3v) is 4.76. The van der Waals surface area contributed by atoms with Crippen molar-refractivity contribution in [2.24, 2.45) is 5.73 Å². The Hall–Kier alpha value is -2.66. The molecule has 1 unspecified atom stereocenters. The van der Waals surface area contributed by atoms with Crippen molar-refractivity contribution < 1.29 is 17.3 Å². The molecule has 0 aliphatic rings. The number of nitrogens with two attached hydrogens (primary N) is 1. The summed E-state index contributed by atoms with van der Waals surface area (Å²) in [4.78, 5) is 15.0. The van der Waals surface area contributed by atoms with Crippen LogP contribution in [0.2, 0.25) is 0 Å². The maximum Gasteiger partial charge on any atom is 0.264 e. The fraction of sp³-hybridized carbons (Fsp3) is 0.381. The summed E-state index contributed by atoms with van der Waals surface area (Å²) in [6.45, 7) is 4.14. The average molecular weight is 446 g/mol. The molecule has 2 heterocycles. The Morgan fingerprint density at radius 1 is 1.10 bits per heavy atom. The summed E-state index contributed by atoms with van der Waals surface area (Å²) in [5.74, 6) is 0.584. The van der Waals surface area contributed by atoms with E-state index in [0.29, 0.717) is 17.0 Å². The lowest BCUT2D eigenvalue weighted by molar-refractivity contribution is 0.0378. The van der Waals surface area contributed by atoms with Gasteiger partial charge in [0.1, 0.15) is 17.4 Å². The first-order valence-electron chi connectivity index (χ1n) is 9.76. The zero-order valence-electron chi connectivity index (χ0n) is 17.8. The number of fused-ring (bicyclic) bond motifs is 1. The maximum absolute atomic E-state index is 11.9. The van der Waals surface area contributed by atoms with Crippen LogP contribution in [0.1, 0.15) is 13.8 Å². The van der Waals surface area contributed by atoms with Crippen LogP contribution in [-0.2, 0) is 19.0 Å². The van der Waals surface area contributed by atoms with Crippen molar-refractivity contribution in [2.75, 3.05) is 30.9 Å². The fourth-order valence-corrected chi connectivity index (χ4v) is 3.56. The Labute approximate surface area is 182 Å². The summed E-state index contributed by atoms with van der Waals surface area (Å²) in [6, 6.07) is 13.1. The van der Waals surface area contributed by atoms with Gasteiger partial charge in [0.05, 0.1) is 26.0 Å². The van der Waals surface area contributed by atoms with Gasteiger partial charge in [0, 0.05) is 23.6 Å². The highest BCUT2D eigenvalue weighted by Gasteiger charge is 2.23. The van der Waals surface area contributed by atoms with Gasteiger partial charge in [-0.15, -0.1) is 0 Å². The molecule has 3 aromatic rings. The second kappa shape index (κ2) is 9.65. The van der Waals surface area contributed by atoms with E-state index in [-0.39, 0.29) is 19.8 Å². The molecule has 31 heavy (non-hydrogen) atoms. The number of ether oxygens (including phenoxy) is 1. The van der Waals surface area contributed by atoms with Gasteiger partial charge in [-0.2, -0.15) is 8.42 Å². The molecule has 0 saturated carbocycles. The second-order valence-corrected chi connectivity index (χ2v) is 9.54. The van der Waals surface area contributed by atoms with Crippen molar-refractivity contribution in [1.82, 2.24) is 15.0 Å². The number of para-hydroxylation sites is 1. The van der Waals surface area contributed by atoms with E-state index in [1.807, 2.05) is 61.2 Å². The van der Waals surface area contributed by atoms with Crippen molar-refractivity contribution in [3.8, 4) is 0 Å². The number of nitrogens with zero attached hydrogens (tertiary/aromatic N) is 4. The SMILES string of the molecule is CC(C)(N)COCC(CN(c1ccccc1)c1ccc2nccnc2n1)OS(C)(=O)=O. The standard InChI is InChI=1S/C21H27N5O4S/c1-21(2,22)15-29-14-17(30-31(3,27)28)13-26(16-7-5-4-6-8-16)19-10-9-18-20(25-19)24-12-11-23-18/h4-12,17H,13-15,22H2,1-3H3. The number of pyridine rings is 1. The lowest BCUT2D eigenvalue weighted by Crippen LogP contribution is -2.41. The molecule has 2 aromatic heterocycles. The molecular formula is C21H27N5O4S. The molecule has 2 N–H and O–H groups in total. The first-order chi connectivity index (χ1) is 14.6.